The second-order valence-electron chi connectivity index (χ2n) is 5.70. The van der Waals surface area contributed by atoms with Gasteiger partial charge >= 0.3 is 12.0 Å². The quantitative estimate of drug-likeness (QED) is 0.648. The molecule has 2 aromatic rings. The van der Waals surface area contributed by atoms with Gasteiger partial charge in [-0.3, -0.25) is 0 Å². The minimum Gasteiger partial charge on any atom is -0.508 e. The number of benzene rings is 1. The summed E-state index contributed by atoms with van der Waals surface area (Å²) in [5.74, 6) is -1.31. The minimum atomic E-state index is -3.76. The molecule has 1 aliphatic heterocycles. The molecule has 0 aliphatic carbocycles. The van der Waals surface area contributed by atoms with Gasteiger partial charge in [-0.2, -0.15) is 0 Å². The Hall–Kier alpha value is -2.85. The van der Waals surface area contributed by atoms with Crippen LogP contribution in [0.2, 0.25) is 0 Å². The predicted molar refractivity (Wildman–Crippen MR) is 97.9 cm³/mol. The first-order chi connectivity index (χ1) is 12.8. The Balaban J connectivity index is 2.09. The third kappa shape index (κ3) is 3.96. The van der Waals surface area contributed by atoms with Crippen molar-refractivity contribution in [1.82, 2.24) is 10.6 Å². The molecule has 2 amide bonds. The molecule has 0 saturated carbocycles. The largest absolute Gasteiger partial charge is 0.508 e. The summed E-state index contributed by atoms with van der Waals surface area (Å²) in [6.45, 7) is 0. The van der Waals surface area contributed by atoms with Crippen LogP contribution in [0.5, 0.6) is 5.75 Å². The van der Waals surface area contributed by atoms with E-state index in [0.717, 1.165) is 11.3 Å². The molecule has 0 saturated heterocycles. The Labute approximate surface area is 159 Å². The number of hydrogen-bond acceptors (Lipinski definition) is 7. The van der Waals surface area contributed by atoms with Crippen molar-refractivity contribution in [3.8, 4) is 5.75 Å². The molecule has 3 rings (SSSR count). The number of methoxy groups -OCH3 is 1. The number of ether oxygens (including phenoxy) is 1. The van der Waals surface area contributed by atoms with E-state index in [-0.39, 0.29) is 21.2 Å². The molecule has 1 atom stereocenters. The fraction of sp³-hybridized carbons (Fsp3) is 0.176. The van der Waals surface area contributed by atoms with Crippen molar-refractivity contribution in [2.75, 3.05) is 12.9 Å². The molecule has 1 aromatic heterocycles. The van der Waals surface area contributed by atoms with E-state index in [0.29, 0.717) is 5.56 Å². The maximum absolute atomic E-state index is 12.6. The first-order valence-corrected chi connectivity index (χ1v) is 10.3. The lowest BCUT2D eigenvalue weighted by Crippen LogP contribution is -2.47. The predicted octanol–water partition coefficient (Wildman–Crippen LogP) is 1.71. The Morgan fingerprint density at radius 2 is 1.96 bits per heavy atom. The highest BCUT2D eigenvalue weighted by molar-refractivity contribution is 7.93. The zero-order chi connectivity index (χ0) is 19.6. The van der Waals surface area contributed by atoms with Crippen molar-refractivity contribution < 1.29 is 27.9 Å². The molecule has 27 heavy (non-hydrogen) atoms. The van der Waals surface area contributed by atoms with Gasteiger partial charge in [-0.15, -0.1) is 11.3 Å². The summed E-state index contributed by atoms with van der Waals surface area (Å²) >= 11 is 1.05. The number of carbonyl (C=O) groups is 2. The number of amides is 2. The second kappa shape index (κ2) is 7.41. The molecule has 0 unspecified atom stereocenters. The van der Waals surface area contributed by atoms with E-state index in [1.54, 1.807) is 11.4 Å². The highest BCUT2D eigenvalue weighted by Crippen LogP contribution is 2.30. The lowest BCUT2D eigenvalue weighted by atomic mass is 9.95. The molecule has 3 N–H and O–H groups in total. The van der Waals surface area contributed by atoms with E-state index in [1.807, 2.05) is 0 Å². The van der Waals surface area contributed by atoms with Crippen LogP contribution in [0.15, 0.2) is 57.3 Å². The van der Waals surface area contributed by atoms with Crippen LogP contribution in [0.25, 0.3) is 0 Å². The number of phenolic OH excluding ortho intramolecular Hbond substituents is 1. The minimum absolute atomic E-state index is 0.0112. The number of sulfone groups is 1. The molecule has 1 aliphatic rings. The van der Waals surface area contributed by atoms with Gasteiger partial charge < -0.3 is 20.5 Å². The first kappa shape index (κ1) is 18.9. The van der Waals surface area contributed by atoms with Crippen LogP contribution in [0, 0.1) is 0 Å². The van der Waals surface area contributed by atoms with Crippen molar-refractivity contribution in [2.24, 2.45) is 0 Å². The number of aromatic hydroxyl groups is 1. The van der Waals surface area contributed by atoms with Crippen LogP contribution < -0.4 is 10.6 Å². The fourth-order valence-corrected chi connectivity index (χ4v) is 5.12. The van der Waals surface area contributed by atoms with Crippen LogP contribution in [-0.2, 0) is 19.4 Å². The zero-order valence-corrected chi connectivity index (χ0v) is 15.8. The van der Waals surface area contributed by atoms with Gasteiger partial charge in [0, 0.05) is 5.70 Å². The summed E-state index contributed by atoms with van der Waals surface area (Å²) in [5, 5.41) is 16.1. The van der Waals surface area contributed by atoms with Crippen molar-refractivity contribution in [1.29, 1.82) is 0 Å². The Morgan fingerprint density at radius 1 is 1.26 bits per heavy atom. The SMILES string of the molecule is COC(=O)C1=C(CS(=O)(=O)c2cccs2)NC(=O)N[C@H]1c1ccc(O)cc1. The molecule has 8 nitrogen and oxygen atoms in total. The number of urea groups is 1. The summed E-state index contributed by atoms with van der Waals surface area (Å²) in [5.41, 5.74) is 0.439. The molecule has 142 valence electrons. The molecule has 2 heterocycles. The van der Waals surface area contributed by atoms with Crippen molar-refractivity contribution in [3.63, 3.8) is 0 Å². The number of carbonyl (C=O) groups excluding carboxylic acids is 2. The van der Waals surface area contributed by atoms with Gasteiger partial charge in [0.1, 0.15) is 9.96 Å². The van der Waals surface area contributed by atoms with E-state index >= 15 is 0 Å². The van der Waals surface area contributed by atoms with Gasteiger partial charge in [0.25, 0.3) is 0 Å². The van der Waals surface area contributed by atoms with Crippen molar-refractivity contribution in [2.45, 2.75) is 10.3 Å². The smallest absolute Gasteiger partial charge is 0.338 e. The Morgan fingerprint density at radius 3 is 2.56 bits per heavy atom. The summed E-state index contributed by atoms with van der Waals surface area (Å²) in [7, 11) is -2.58. The van der Waals surface area contributed by atoms with E-state index in [2.05, 4.69) is 10.6 Å². The van der Waals surface area contributed by atoms with E-state index in [4.69, 9.17) is 4.74 Å². The number of rotatable bonds is 5. The van der Waals surface area contributed by atoms with E-state index in [9.17, 15) is 23.1 Å². The first-order valence-electron chi connectivity index (χ1n) is 7.76. The van der Waals surface area contributed by atoms with Gasteiger partial charge in [0.05, 0.1) is 24.5 Å². The van der Waals surface area contributed by atoms with Gasteiger partial charge in [-0.05, 0) is 29.1 Å². The van der Waals surface area contributed by atoms with Gasteiger partial charge in [0.2, 0.25) is 0 Å². The molecule has 0 bridgehead atoms. The average molecular weight is 408 g/mol. The number of hydrogen-bond donors (Lipinski definition) is 3. The molecular weight excluding hydrogens is 392 g/mol. The molecule has 10 heteroatoms. The van der Waals surface area contributed by atoms with Crippen LogP contribution in [0.4, 0.5) is 4.79 Å². The lowest BCUT2D eigenvalue weighted by molar-refractivity contribution is -0.136. The number of thiophene rings is 1. The topological polar surface area (TPSA) is 122 Å². The highest BCUT2D eigenvalue weighted by Gasteiger charge is 2.35. The Kier molecular flexibility index (Phi) is 5.19. The van der Waals surface area contributed by atoms with E-state index < -0.39 is 33.6 Å². The third-order valence-corrected chi connectivity index (χ3v) is 7.05. The van der Waals surface area contributed by atoms with Gasteiger partial charge in [-0.1, -0.05) is 18.2 Å². The van der Waals surface area contributed by atoms with Gasteiger partial charge in [-0.25, -0.2) is 18.0 Å². The molecule has 1 aromatic carbocycles. The molecule has 0 spiro atoms. The normalized spacial score (nSPS) is 17.2. The van der Waals surface area contributed by atoms with Crippen LogP contribution in [0.1, 0.15) is 11.6 Å². The van der Waals surface area contributed by atoms with E-state index in [1.165, 1.54) is 37.4 Å². The summed E-state index contributed by atoms with van der Waals surface area (Å²) in [6.07, 6.45) is 0. The highest BCUT2D eigenvalue weighted by atomic mass is 32.2. The fourth-order valence-electron chi connectivity index (χ4n) is 2.70. The summed E-state index contributed by atoms with van der Waals surface area (Å²) < 4.78 is 30.2. The number of nitrogens with one attached hydrogen (secondary N) is 2. The van der Waals surface area contributed by atoms with Crippen molar-refractivity contribution >= 4 is 33.2 Å². The molecule has 0 radical (unpaired) electrons. The summed E-state index contributed by atoms with van der Waals surface area (Å²) in [4.78, 5) is 24.5. The standard InChI is InChI=1S/C17H16N2O6S2/c1-25-16(21)14-12(9-27(23,24)13-3-2-8-26-13)18-17(22)19-15(14)10-4-6-11(20)7-5-10/h2-8,15,20H,9H2,1H3,(H2,18,19,22)/t15-/m0/s1. The van der Waals surface area contributed by atoms with Crippen LogP contribution in [-0.4, -0.2) is 38.4 Å². The maximum Gasteiger partial charge on any atom is 0.338 e. The van der Waals surface area contributed by atoms with Gasteiger partial charge in [0.15, 0.2) is 9.84 Å². The summed E-state index contributed by atoms with van der Waals surface area (Å²) in [6, 6.07) is 7.37. The van der Waals surface area contributed by atoms with Crippen LogP contribution in [0.3, 0.4) is 0 Å². The number of phenols is 1. The lowest BCUT2D eigenvalue weighted by Gasteiger charge is -2.29. The monoisotopic (exact) mass is 408 g/mol. The van der Waals surface area contributed by atoms with Crippen LogP contribution >= 0.6 is 11.3 Å². The molecule has 0 fully saturated rings. The maximum atomic E-state index is 12.6. The second-order valence-corrected chi connectivity index (χ2v) is 8.86. The third-order valence-electron chi connectivity index (χ3n) is 3.92. The molecular formula is C17H16N2O6S2. The number of esters is 1. The zero-order valence-electron chi connectivity index (χ0n) is 14.1. The average Bonchev–Trinajstić information content (AvgIpc) is 3.16. The van der Waals surface area contributed by atoms with Crippen molar-refractivity contribution in [3.05, 3.63) is 58.6 Å². The Bertz CT molecular complexity index is 995.